The van der Waals surface area contributed by atoms with E-state index in [9.17, 15) is 0 Å². The normalized spacial score (nSPS) is 23.0. The van der Waals surface area contributed by atoms with E-state index in [1.165, 1.54) is 17.5 Å². The van der Waals surface area contributed by atoms with Gasteiger partial charge in [-0.3, -0.25) is 0 Å². The summed E-state index contributed by atoms with van der Waals surface area (Å²) in [6, 6.07) is 10.0. The molecule has 122 valence electrons. The Labute approximate surface area is 134 Å². The van der Waals surface area contributed by atoms with Crippen molar-refractivity contribution >= 4 is 0 Å². The predicted octanol–water partition coefficient (Wildman–Crippen LogP) is 3.59. The molecule has 0 aromatic heterocycles. The standard InChI is InChI=1S/C19H29NO2/c1-15-4-3-5-17(14-15)7-6-16(2)20-18-8-10-19(11-9-18)21-12-13-22-19/h3-5,14,16,18,20H,6-13H2,1-2H3/t16-/m0/s1. The number of hydrogen-bond donors (Lipinski definition) is 1. The molecule has 1 saturated heterocycles. The van der Waals surface area contributed by atoms with Gasteiger partial charge in [0.25, 0.3) is 0 Å². The summed E-state index contributed by atoms with van der Waals surface area (Å²) in [6.07, 6.45) is 6.74. The van der Waals surface area contributed by atoms with Gasteiger partial charge in [-0.1, -0.05) is 29.8 Å². The summed E-state index contributed by atoms with van der Waals surface area (Å²) in [5, 5.41) is 3.80. The number of ether oxygens (including phenoxy) is 2. The average Bonchev–Trinajstić information content (AvgIpc) is 2.96. The van der Waals surface area contributed by atoms with Crippen LogP contribution in [0.3, 0.4) is 0 Å². The third-order valence-corrected chi connectivity index (χ3v) is 5.03. The van der Waals surface area contributed by atoms with Gasteiger partial charge in [0, 0.05) is 24.9 Å². The van der Waals surface area contributed by atoms with E-state index in [4.69, 9.17) is 9.47 Å². The molecule has 1 heterocycles. The molecule has 2 aliphatic rings. The Hall–Kier alpha value is -0.900. The summed E-state index contributed by atoms with van der Waals surface area (Å²) < 4.78 is 11.6. The van der Waals surface area contributed by atoms with Crippen molar-refractivity contribution < 1.29 is 9.47 Å². The van der Waals surface area contributed by atoms with E-state index in [2.05, 4.69) is 43.4 Å². The van der Waals surface area contributed by atoms with Crippen molar-refractivity contribution in [3.8, 4) is 0 Å². The van der Waals surface area contributed by atoms with Crippen LogP contribution in [0.1, 0.15) is 50.2 Å². The second kappa shape index (κ2) is 7.12. The Morgan fingerprint density at radius 1 is 1.23 bits per heavy atom. The van der Waals surface area contributed by atoms with Crippen LogP contribution >= 0.6 is 0 Å². The van der Waals surface area contributed by atoms with Crippen molar-refractivity contribution in [2.75, 3.05) is 13.2 Å². The van der Waals surface area contributed by atoms with E-state index in [-0.39, 0.29) is 5.79 Å². The third kappa shape index (κ3) is 4.09. The number of nitrogens with one attached hydrogen (secondary N) is 1. The fraction of sp³-hybridized carbons (Fsp3) is 0.684. The van der Waals surface area contributed by atoms with Gasteiger partial charge in [-0.15, -0.1) is 0 Å². The van der Waals surface area contributed by atoms with Gasteiger partial charge >= 0.3 is 0 Å². The Morgan fingerprint density at radius 2 is 1.95 bits per heavy atom. The Morgan fingerprint density at radius 3 is 2.64 bits per heavy atom. The van der Waals surface area contributed by atoms with Crippen LogP contribution in [-0.4, -0.2) is 31.1 Å². The zero-order chi connectivity index (χ0) is 15.4. The molecule has 0 amide bonds. The first-order valence-electron chi connectivity index (χ1n) is 8.75. The molecule has 3 nitrogen and oxygen atoms in total. The van der Waals surface area contributed by atoms with Crippen molar-refractivity contribution in [3.63, 3.8) is 0 Å². The first kappa shape index (κ1) is 16.0. The lowest BCUT2D eigenvalue weighted by molar-refractivity contribution is -0.179. The van der Waals surface area contributed by atoms with Crippen molar-refractivity contribution in [3.05, 3.63) is 35.4 Å². The van der Waals surface area contributed by atoms with Gasteiger partial charge in [0.1, 0.15) is 0 Å². The van der Waals surface area contributed by atoms with E-state index in [1.807, 2.05) is 0 Å². The van der Waals surface area contributed by atoms with Crippen molar-refractivity contribution in [1.29, 1.82) is 0 Å². The lowest BCUT2D eigenvalue weighted by Gasteiger charge is -2.36. The van der Waals surface area contributed by atoms with Crippen LogP contribution in [0.4, 0.5) is 0 Å². The van der Waals surface area contributed by atoms with Gasteiger partial charge in [0.15, 0.2) is 5.79 Å². The lowest BCUT2D eigenvalue weighted by atomic mass is 9.89. The van der Waals surface area contributed by atoms with E-state index in [0.29, 0.717) is 12.1 Å². The minimum atomic E-state index is -0.233. The van der Waals surface area contributed by atoms with Gasteiger partial charge in [0.2, 0.25) is 0 Å². The minimum Gasteiger partial charge on any atom is -0.348 e. The highest BCUT2D eigenvalue weighted by Gasteiger charge is 2.40. The Bertz CT molecular complexity index is 472. The maximum absolute atomic E-state index is 5.80. The first-order chi connectivity index (χ1) is 10.7. The number of rotatable bonds is 5. The van der Waals surface area contributed by atoms with Gasteiger partial charge < -0.3 is 14.8 Å². The fourth-order valence-electron chi connectivity index (χ4n) is 3.75. The fourth-order valence-corrected chi connectivity index (χ4v) is 3.75. The summed E-state index contributed by atoms with van der Waals surface area (Å²) in [6.45, 7) is 6.01. The second-order valence-electron chi connectivity index (χ2n) is 6.98. The first-order valence-corrected chi connectivity index (χ1v) is 8.75. The molecular weight excluding hydrogens is 274 g/mol. The average molecular weight is 303 g/mol. The second-order valence-corrected chi connectivity index (χ2v) is 6.98. The van der Waals surface area contributed by atoms with E-state index >= 15 is 0 Å². The van der Waals surface area contributed by atoms with Gasteiger partial charge in [-0.05, 0) is 45.1 Å². The predicted molar refractivity (Wildman–Crippen MR) is 89.0 cm³/mol. The van der Waals surface area contributed by atoms with E-state index in [1.54, 1.807) is 0 Å². The molecule has 0 bridgehead atoms. The molecule has 1 atom stereocenters. The molecule has 2 fully saturated rings. The molecule has 1 spiro atoms. The van der Waals surface area contributed by atoms with Crippen molar-refractivity contribution in [1.82, 2.24) is 5.32 Å². The molecular formula is C19H29NO2. The van der Waals surface area contributed by atoms with Crippen LogP contribution in [0.25, 0.3) is 0 Å². The van der Waals surface area contributed by atoms with Crippen molar-refractivity contribution in [2.45, 2.75) is 70.2 Å². The monoisotopic (exact) mass is 303 g/mol. The highest BCUT2D eigenvalue weighted by molar-refractivity contribution is 5.22. The maximum Gasteiger partial charge on any atom is 0.168 e. The molecule has 1 N–H and O–H groups in total. The minimum absolute atomic E-state index is 0.233. The lowest BCUT2D eigenvalue weighted by Crippen LogP contribution is -2.44. The molecule has 1 aromatic carbocycles. The van der Waals surface area contributed by atoms with Crippen LogP contribution in [0, 0.1) is 6.92 Å². The number of hydrogen-bond acceptors (Lipinski definition) is 3. The molecule has 1 aromatic rings. The van der Waals surface area contributed by atoms with Crippen LogP contribution in [0.15, 0.2) is 24.3 Å². The van der Waals surface area contributed by atoms with Gasteiger partial charge in [-0.2, -0.15) is 0 Å². The van der Waals surface area contributed by atoms with Crippen LogP contribution in [0.5, 0.6) is 0 Å². The molecule has 3 heteroatoms. The smallest absolute Gasteiger partial charge is 0.168 e. The van der Waals surface area contributed by atoms with Crippen LogP contribution < -0.4 is 5.32 Å². The topological polar surface area (TPSA) is 30.5 Å². The van der Waals surface area contributed by atoms with Gasteiger partial charge in [-0.25, -0.2) is 0 Å². The van der Waals surface area contributed by atoms with Crippen LogP contribution in [-0.2, 0) is 15.9 Å². The molecule has 0 unspecified atom stereocenters. The van der Waals surface area contributed by atoms with Crippen molar-refractivity contribution in [2.24, 2.45) is 0 Å². The highest BCUT2D eigenvalue weighted by Crippen LogP contribution is 2.35. The highest BCUT2D eigenvalue weighted by atomic mass is 16.7. The summed E-state index contributed by atoms with van der Waals surface area (Å²) in [5.41, 5.74) is 2.80. The Balaban J connectivity index is 1.40. The summed E-state index contributed by atoms with van der Waals surface area (Å²) in [4.78, 5) is 0. The molecule has 1 aliphatic carbocycles. The summed E-state index contributed by atoms with van der Waals surface area (Å²) >= 11 is 0. The number of aryl methyl sites for hydroxylation is 2. The zero-order valence-corrected chi connectivity index (χ0v) is 13.9. The van der Waals surface area contributed by atoms with E-state index < -0.39 is 0 Å². The zero-order valence-electron chi connectivity index (χ0n) is 13.9. The molecule has 3 rings (SSSR count). The van der Waals surface area contributed by atoms with E-state index in [0.717, 1.165) is 45.3 Å². The van der Waals surface area contributed by atoms with Gasteiger partial charge in [0.05, 0.1) is 13.2 Å². The Kier molecular flexibility index (Phi) is 5.17. The summed E-state index contributed by atoms with van der Waals surface area (Å²) in [5.74, 6) is -0.233. The molecule has 1 aliphatic heterocycles. The molecule has 1 saturated carbocycles. The quantitative estimate of drug-likeness (QED) is 0.901. The largest absolute Gasteiger partial charge is 0.348 e. The number of benzene rings is 1. The summed E-state index contributed by atoms with van der Waals surface area (Å²) in [7, 11) is 0. The molecule has 22 heavy (non-hydrogen) atoms. The van der Waals surface area contributed by atoms with Crippen LogP contribution in [0.2, 0.25) is 0 Å². The maximum atomic E-state index is 5.80. The SMILES string of the molecule is Cc1cccc(CC[C@H](C)NC2CCC3(CC2)OCCO3)c1. The molecule has 0 radical (unpaired) electrons. The third-order valence-electron chi connectivity index (χ3n) is 5.03.